The summed E-state index contributed by atoms with van der Waals surface area (Å²) in [6, 6.07) is 24.8. The van der Waals surface area contributed by atoms with Gasteiger partial charge in [-0.1, -0.05) is 47.8 Å². The van der Waals surface area contributed by atoms with E-state index >= 15 is 0 Å². The van der Waals surface area contributed by atoms with Crippen molar-refractivity contribution in [3.8, 4) is 22.6 Å². The van der Waals surface area contributed by atoms with Gasteiger partial charge in [-0.25, -0.2) is 4.79 Å². The fourth-order valence-corrected chi connectivity index (χ4v) is 8.95. The fraction of sp³-hybridized carbons (Fsp3) is 0.282. The third-order valence-corrected chi connectivity index (χ3v) is 11.8. The van der Waals surface area contributed by atoms with Gasteiger partial charge >= 0.3 is 5.63 Å². The van der Waals surface area contributed by atoms with Crippen molar-refractivity contribution in [3.63, 3.8) is 0 Å². The highest BCUT2D eigenvalue weighted by Gasteiger charge is 2.50. The van der Waals surface area contributed by atoms with Crippen molar-refractivity contribution < 1.29 is 38.4 Å². The third-order valence-electron chi connectivity index (χ3n) is 9.14. The number of ketones is 1. The van der Waals surface area contributed by atoms with E-state index in [9.17, 15) is 19.8 Å². The molecule has 2 aliphatic heterocycles. The number of methoxy groups -OCH3 is 2. The monoisotopic (exact) mass is 712 g/mol. The predicted molar refractivity (Wildman–Crippen MR) is 191 cm³/mol. The van der Waals surface area contributed by atoms with E-state index in [0.29, 0.717) is 28.0 Å². The van der Waals surface area contributed by atoms with Crippen molar-refractivity contribution in [1.29, 1.82) is 0 Å². The second kappa shape index (κ2) is 13.6. The molecular weight excluding hydrogens is 677 g/mol. The molecular formula is C39H36O9S2. The first-order valence-electron chi connectivity index (χ1n) is 16.1. The Kier molecular flexibility index (Phi) is 9.31. The predicted octanol–water partition coefficient (Wildman–Crippen LogP) is 7.07. The Morgan fingerprint density at radius 1 is 0.860 bits per heavy atom. The van der Waals surface area contributed by atoms with Crippen molar-refractivity contribution in [2.75, 3.05) is 14.2 Å². The van der Waals surface area contributed by atoms with Gasteiger partial charge in [0.2, 0.25) is 6.29 Å². The van der Waals surface area contributed by atoms with E-state index in [4.69, 9.17) is 23.4 Å². The molecule has 1 saturated heterocycles. The van der Waals surface area contributed by atoms with Crippen LogP contribution in [0.25, 0.3) is 22.1 Å². The molecule has 4 atom stereocenters. The lowest BCUT2D eigenvalue weighted by Crippen LogP contribution is -2.63. The van der Waals surface area contributed by atoms with Crippen molar-refractivity contribution >= 4 is 40.3 Å². The molecule has 1 aromatic heterocycles. The highest BCUT2D eigenvalue weighted by Crippen LogP contribution is 2.52. The normalized spacial score (nSPS) is 20.9. The molecule has 2 N–H and O–H groups in total. The number of carbonyl (C=O) groups is 1. The van der Waals surface area contributed by atoms with Crippen LogP contribution < -0.4 is 15.1 Å². The quantitative estimate of drug-likeness (QED) is 0.124. The molecule has 9 nitrogen and oxygen atoms in total. The number of rotatable bonds is 8. The first-order valence-corrected chi connectivity index (χ1v) is 17.7. The molecule has 0 saturated carbocycles. The third kappa shape index (κ3) is 6.23. The summed E-state index contributed by atoms with van der Waals surface area (Å²) in [6.45, 7) is 5.19. The van der Waals surface area contributed by atoms with Crippen LogP contribution in [0.2, 0.25) is 0 Å². The number of carbonyl (C=O) groups excluding carboxylic acids is 1. The number of benzene rings is 4. The highest BCUT2D eigenvalue weighted by molar-refractivity contribution is 8.05. The van der Waals surface area contributed by atoms with Crippen LogP contribution in [0.3, 0.4) is 0 Å². The molecule has 11 heteroatoms. The number of aliphatic hydroxyl groups is 2. The lowest BCUT2D eigenvalue weighted by atomic mass is 9.89. The zero-order valence-corrected chi connectivity index (χ0v) is 29.7. The van der Waals surface area contributed by atoms with Crippen LogP contribution in [0.1, 0.15) is 35.3 Å². The van der Waals surface area contributed by atoms with Crippen LogP contribution in [0.15, 0.2) is 108 Å². The number of fused-ring (bicyclic) bond motifs is 3. The van der Waals surface area contributed by atoms with E-state index in [0.717, 1.165) is 20.9 Å². The Hall–Kier alpha value is -4.10. The van der Waals surface area contributed by atoms with Gasteiger partial charge in [0.05, 0.1) is 12.7 Å². The van der Waals surface area contributed by atoms with Gasteiger partial charge < -0.3 is 33.6 Å². The molecule has 0 radical (unpaired) electrons. The van der Waals surface area contributed by atoms with E-state index < -0.39 is 35.8 Å². The fourth-order valence-electron chi connectivity index (χ4n) is 6.56. The molecule has 0 spiro atoms. The molecule has 5 aromatic rings. The van der Waals surface area contributed by atoms with Crippen molar-refractivity contribution in [2.45, 2.75) is 77.0 Å². The van der Waals surface area contributed by atoms with E-state index in [1.54, 1.807) is 81.7 Å². The van der Waals surface area contributed by atoms with Crippen molar-refractivity contribution in [3.05, 3.63) is 106 Å². The summed E-state index contributed by atoms with van der Waals surface area (Å²) < 4.78 is 28.8. The van der Waals surface area contributed by atoms with Gasteiger partial charge in [-0.2, -0.15) is 0 Å². The minimum absolute atomic E-state index is 0.165. The van der Waals surface area contributed by atoms with Gasteiger partial charge in [-0.15, -0.1) is 0 Å². The topological polar surface area (TPSA) is 125 Å². The minimum atomic E-state index is -1.39. The summed E-state index contributed by atoms with van der Waals surface area (Å²) in [5, 5.41) is 21.9. The van der Waals surface area contributed by atoms with Crippen molar-refractivity contribution in [1.82, 2.24) is 0 Å². The first kappa shape index (κ1) is 34.4. The highest BCUT2D eigenvalue weighted by atomic mass is 32.2. The maximum absolute atomic E-state index is 13.7. The van der Waals surface area contributed by atoms with E-state index in [1.165, 1.54) is 16.9 Å². The lowest BCUT2D eigenvalue weighted by molar-refractivity contribution is -0.306. The van der Waals surface area contributed by atoms with Gasteiger partial charge in [0.25, 0.3) is 0 Å². The number of ether oxygens (including phenoxy) is 4. The number of aliphatic hydroxyl groups excluding tert-OH is 2. The molecule has 0 aliphatic carbocycles. The Morgan fingerprint density at radius 2 is 1.58 bits per heavy atom. The van der Waals surface area contributed by atoms with Gasteiger partial charge in [0.15, 0.2) is 5.78 Å². The lowest BCUT2D eigenvalue weighted by Gasteiger charge is -2.46. The standard InChI is InChI=1S/C39H36O9S2/c1-20-27(46-38-33(42)32(41)36(45-5)39(2,3)48-38)15-14-22-17-23(37(43)47-34(20)22)19-26(40)21-13-16-28(44-4)25(18-21)24-9-8-12-31-35(24)50-30-11-7-6-10-29(30)49-31/h6-18,32-33,36,38,41-42H,19H2,1-5H3/t32-,33+,36+,38+/m0/s1. The number of Topliss-reactive ketones (excluding diaryl/α,β-unsaturated/α-hetero) is 1. The van der Waals surface area contributed by atoms with Crippen LogP contribution in [0, 0.1) is 6.92 Å². The molecule has 0 bridgehead atoms. The second-order valence-corrected chi connectivity index (χ2v) is 14.9. The minimum Gasteiger partial charge on any atom is -0.496 e. The summed E-state index contributed by atoms with van der Waals surface area (Å²) in [7, 11) is 3.05. The summed E-state index contributed by atoms with van der Waals surface area (Å²) in [5.41, 5.74) is 1.59. The van der Waals surface area contributed by atoms with Crippen LogP contribution in [-0.4, -0.2) is 60.4 Å². The van der Waals surface area contributed by atoms with Crippen LogP contribution in [0.5, 0.6) is 11.5 Å². The summed E-state index contributed by atoms with van der Waals surface area (Å²) in [5.74, 6) is 0.704. The Labute approximate surface area is 297 Å². The van der Waals surface area contributed by atoms with E-state index in [1.807, 2.05) is 30.3 Å². The van der Waals surface area contributed by atoms with E-state index in [2.05, 4.69) is 18.2 Å². The summed E-state index contributed by atoms with van der Waals surface area (Å²) >= 11 is 3.41. The van der Waals surface area contributed by atoms with Crippen LogP contribution >= 0.6 is 23.5 Å². The Bertz CT molecular complexity index is 2180. The van der Waals surface area contributed by atoms with E-state index in [-0.39, 0.29) is 23.4 Å². The van der Waals surface area contributed by atoms with Crippen LogP contribution in [-0.2, 0) is 15.9 Å². The van der Waals surface area contributed by atoms with Gasteiger partial charge in [-0.3, -0.25) is 4.79 Å². The van der Waals surface area contributed by atoms with Gasteiger partial charge in [0, 0.05) is 66.3 Å². The first-order chi connectivity index (χ1) is 24.0. The average Bonchev–Trinajstić information content (AvgIpc) is 3.10. The van der Waals surface area contributed by atoms with Crippen molar-refractivity contribution in [2.24, 2.45) is 0 Å². The number of aryl methyl sites for hydroxylation is 1. The molecule has 258 valence electrons. The zero-order valence-electron chi connectivity index (χ0n) is 28.1. The van der Waals surface area contributed by atoms with Gasteiger partial charge in [-0.05, 0) is 75.4 Å². The maximum Gasteiger partial charge on any atom is 0.339 e. The smallest absolute Gasteiger partial charge is 0.339 e. The molecule has 50 heavy (non-hydrogen) atoms. The average molecular weight is 713 g/mol. The number of hydrogen-bond acceptors (Lipinski definition) is 11. The SMILES string of the molecule is COc1ccc(C(=O)Cc2cc3ccc(O[C@@H]4OC(C)(C)[C@H](OC)[C@@H](O)[C@H]4O)c(C)c3oc2=O)cc1-c1cccc2c1Sc1ccccc1S2. The summed E-state index contributed by atoms with van der Waals surface area (Å²) in [4.78, 5) is 31.6. The van der Waals surface area contributed by atoms with Crippen LogP contribution in [0.4, 0.5) is 0 Å². The maximum atomic E-state index is 13.7. The number of hydrogen-bond donors (Lipinski definition) is 2. The zero-order chi connectivity index (χ0) is 35.3. The molecule has 4 aromatic carbocycles. The molecule has 3 heterocycles. The molecule has 7 rings (SSSR count). The largest absolute Gasteiger partial charge is 0.496 e. The summed E-state index contributed by atoms with van der Waals surface area (Å²) in [6.07, 6.45) is -4.76. The Morgan fingerprint density at radius 3 is 2.32 bits per heavy atom. The van der Waals surface area contributed by atoms with Gasteiger partial charge in [0.1, 0.15) is 35.4 Å². The molecule has 0 amide bonds. The molecule has 0 unspecified atom stereocenters. The molecule has 1 fully saturated rings. The second-order valence-electron chi connectivity index (χ2n) is 12.8. The molecule has 2 aliphatic rings. The Balaban J connectivity index is 1.15.